The molecule has 182 valence electrons. The Hall–Kier alpha value is -3.30. The van der Waals surface area contributed by atoms with Crippen LogP contribution in [0.4, 0.5) is 0 Å². The molecule has 0 saturated heterocycles. The second kappa shape index (κ2) is 11.0. The maximum atomic E-state index is 12.7. The summed E-state index contributed by atoms with van der Waals surface area (Å²) in [6.07, 6.45) is 0.658. The van der Waals surface area contributed by atoms with Crippen molar-refractivity contribution in [3.05, 3.63) is 64.6 Å². The van der Waals surface area contributed by atoms with Crippen LogP contribution in [0.1, 0.15) is 35.7 Å². The molecule has 2 heterocycles. The van der Waals surface area contributed by atoms with E-state index in [1.807, 2.05) is 49.4 Å². The van der Waals surface area contributed by atoms with Crippen molar-refractivity contribution >= 4 is 35.0 Å². The molecule has 0 bridgehead atoms. The number of halogens is 1. The van der Waals surface area contributed by atoms with E-state index in [1.165, 1.54) is 0 Å². The van der Waals surface area contributed by atoms with Crippen LogP contribution < -0.4 is 9.47 Å². The number of carbonyl (C=O) groups is 1. The second-order valence-corrected chi connectivity index (χ2v) is 8.92. The van der Waals surface area contributed by atoms with Crippen LogP contribution in [0, 0.1) is 0 Å². The highest BCUT2D eigenvalue weighted by Gasteiger charge is 2.24. The monoisotopic (exact) mass is 512 g/mol. The van der Waals surface area contributed by atoms with Crippen LogP contribution in [0.2, 0.25) is 5.02 Å². The van der Waals surface area contributed by atoms with Crippen molar-refractivity contribution in [2.75, 3.05) is 20.8 Å². The molecule has 10 heteroatoms. The van der Waals surface area contributed by atoms with Crippen LogP contribution in [0.5, 0.6) is 11.5 Å². The Balaban J connectivity index is 1.87. The normalized spacial score (nSPS) is 11.0. The molecule has 0 fully saturated rings. The van der Waals surface area contributed by atoms with E-state index in [9.17, 15) is 4.79 Å². The van der Waals surface area contributed by atoms with Gasteiger partial charge in [0.15, 0.2) is 22.8 Å². The van der Waals surface area contributed by atoms with E-state index >= 15 is 0 Å². The van der Waals surface area contributed by atoms with Crippen LogP contribution >= 0.6 is 23.4 Å². The quantitative estimate of drug-likeness (QED) is 0.215. The van der Waals surface area contributed by atoms with E-state index in [1.54, 1.807) is 37.4 Å². The molecule has 0 unspecified atom stereocenters. The van der Waals surface area contributed by atoms with E-state index in [4.69, 9.17) is 30.9 Å². The molecule has 0 radical (unpaired) electrons. The summed E-state index contributed by atoms with van der Waals surface area (Å²) in [4.78, 5) is 13.7. The molecule has 0 aliphatic heterocycles. The van der Waals surface area contributed by atoms with Crippen LogP contribution in [-0.4, -0.2) is 46.6 Å². The lowest BCUT2D eigenvalue weighted by atomic mass is 10.0. The molecule has 0 atom stereocenters. The minimum Gasteiger partial charge on any atom is -0.493 e. The van der Waals surface area contributed by atoms with Crippen molar-refractivity contribution in [1.82, 2.24) is 19.8 Å². The van der Waals surface area contributed by atoms with Gasteiger partial charge in [0.25, 0.3) is 0 Å². The summed E-state index contributed by atoms with van der Waals surface area (Å²) in [7, 11) is 3.19. The highest BCUT2D eigenvalue weighted by Crippen LogP contribution is 2.36. The third-order valence-corrected chi connectivity index (χ3v) is 6.65. The number of rotatable bonds is 9. The van der Waals surface area contributed by atoms with Gasteiger partial charge in [0.05, 0.1) is 37.8 Å². The fourth-order valence-corrected chi connectivity index (χ4v) is 4.71. The number of nitrogens with zero attached hydrogens (tertiary/aromatic N) is 4. The van der Waals surface area contributed by atoms with E-state index < -0.39 is 5.97 Å². The van der Waals surface area contributed by atoms with Crippen LogP contribution in [0.25, 0.3) is 16.8 Å². The van der Waals surface area contributed by atoms with Crippen LogP contribution in [-0.2, 0) is 16.9 Å². The van der Waals surface area contributed by atoms with Crippen LogP contribution in [0.15, 0.2) is 47.4 Å². The van der Waals surface area contributed by atoms with Crippen molar-refractivity contribution in [3.63, 3.8) is 0 Å². The number of esters is 1. The number of aryl methyl sites for hydroxylation is 1. The van der Waals surface area contributed by atoms with Gasteiger partial charge in [0, 0.05) is 15.7 Å². The maximum Gasteiger partial charge on any atom is 0.360 e. The first-order valence-corrected chi connectivity index (χ1v) is 12.4. The fraction of sp³-hybridized carbons (Fsp3) is 0.280. The third-order valence-electron chi connectivity index (χ3n) is 5.37. The summed E-state index contributed by atoms with van der Waals surface area (Å²) in [6, 6.07) is 13.2. The smallest absolute Gasteiger partial charge is 0.360 e. The lowest BCUT2D eigenvalue weighted by Gasteiger charge is -2.11. The predicted molar refractivity (Wildman–Crippen MR) is 136 cm³/mol. The van der Waals surface area contributed by atoms with E-state index in [0.717, 1.165) is 21.7 Å². The minimum atomic E-state index is -0.533. The second-order valence-electron chi connectivity index (χ2n) is 7.44. The van der Waals surface area contributed by atoms with Gasteiger partial charge in [0.1, 0.15) is 0 Å². The van der Waals surface area contributed by atoms with Crippen molar-refractivity contribution in [1.29, 1.82) is 0 Å². The molecule has 0 aliphatic rings. The number of methoxy groups -OCH3 is 2. The van der Waals surface area contributed by atoms with Gasteiger partial charge in [-0.3, -0.25) is 0 Å². The number of hydrogen-bond acceptors (Lipinski definition) is 8. The molecular weight excluding hydrogens is 488 g/mol. The maximum absolute atomic E-state index is 12.7. The van der Waals surface area contributed by atoms with Crippen molar-refractivity contribution in [2.24, 2.45) is 0 Å². The number of aromatic nitrogens is 4. The van der Waals surface area contributed by atoms with Gasteiger partial charge in [-0.1, -0.05) is 24.6 Å². The van der Waals surface area contributed by atoms with Gasteiger partial charge in [-0.25, -0.2) is 9.31 Å². The Morgan fingerprint density at radius 2 is 1.77 bits per heavy atom. The SMILES string of the molecule is CCOC(=O)c1nnc2c(-c3ccc(OC)c(OC)c3)c(CC)nn2c1CSc1ccc(Cl)cc1. The standard InChI is InChI=1S/C25H25ClN4O4S/c1-5-18-22(15-7-12-20(32-3)21(13-15)33-4)24-28-27-23(25(31)34-6-2)19(30(24)29-18)14-35-17-10-8-16(26)9-11-17/h7-13H,5-6,14H2,1-4H3. The average molecular weight is 513 g/mol. The van der Waals surface area contributed by atoms with Gasteiger partial charge in [-0.05, 0) is 55.3 Å². The van der Waals surface area contributed by atoms with Crippen LogP contribution in [0.3, 0.4) is 0 Å². The molecule has 0 amide bonds. The zero-order valence-electron chi connectivity index (χ0n) is 19.9. The molecule has 2 aromatic heterocycles. The molecule has 0 spiro atoms. The highest BCUT2D eigenvalue weighted by atomic mass is 35.5. The number of ether oxygens (including phenoxy) is 3. The van der Waals surface area contributed by atoms with Crippen molar-refractivity contribution < 1.29 is 19.0 Å². The van der Waals surface area contributed by atoms with E-state index in [-0.39, 0.29) is 12.3 Å². The molecule has 0 aliphatic carbocycles. The zero-order valence-corrected chi connectivity index (χ0v) is 21.4. The molecule has 0 N–H and O–H groups in total. The number of hydrogen-bond donors (Lipinski definition) is 0. The minimum absolute atomic E-state index is 0.143. The number of thioether (sulfide) groups is 1. The molecule has 35 heavy (non-hydrogen) atoms. The largest absolute Gasteiger partial charge is 0.493 e. The number of benzene rings is 2. The van der Waals surface area contributed by atoms with Crippen molar-refractivity contribution in [2.45, 2.75) is 30.9 Å². The average Bonchev–Trinajstić information content (AvgIpc) is 3.26. The molecular formula is C25H25ClN4O4S. The third kappa shape index (κ3) is 5.06. The summed E-state index contributed by atoms with van der Waals surface area (Å²) < 4.78 is 17.8. The summed E-state index contributed by atoms with van der Waals surface area (Å²) in [5, 5.41) is 14.2. The zero-order chi connectivity index (χ0) is 24.9. The first kappa shape index (κ1) is 24.8. The Bertz CT molecular complexity index is 1360. The first-order valence-electron chi connectivity index (χ1n) is 11.1. The molecule has 0 saturated carbocycles. The van der Waals surface area contributed by atoms with Gasteiger partial charge in [-0.2, -0.15) is 5.10 Å². The molecule has 2 aromatic carbocycles. The Labute approximate surface area is 212 Å². The first-order chi connectivity index (χ1) is 17.0. The van der Waals surface area contributed by atoms with Gasteiger partial charge in [0.2, 0.25) is 0 Å². The predicted octanol–water partition coefficient (Wildman–Crippen LogP) is 5.49. The molecule has 4 rings (SSSR count). The fourth-order valence-electron chi connectivity index (χ4n) is 3.69. The van der Waals surface area contributed by atoms with E-state index in [0.29, 0.717) is 40.0 Å². The Morgan fingerprint density at radius 1 is 1.03 bits per heavy atom. The van der Waals surface area contributed by atoms with Gasteiger partial charge in [-0.15, -0.1) is 22.0 Å². The molecule has 8 nitrogen and oxygen atoms in total. The lowest BCUT2D eigenvalue weighted by Crippen LogP contribution is -2.16. The summed E-state index contributed by atoms with van der Waals surface area (Å²) in [5.41, 5.74) is 3.82. The summed E-state index contributed by atoms with van der Waals surface area (Å²) in [6.45, 7) is 4.01. The highest BCUT2D eigenvalue weighted by molar-refractivity contribution is 7.98. The Morgan fingerprint density at radius 3 is 2.43 bits per heavy atom. The van der Waals surface area contributed by atoms with Crippen molar-refractivity contribution in [3.8, 4) is 22.6 Å². The number of fused-ring (bicyclic) bond motifs is 1. The topological polar surface area (TPSA) is 87.8 Å². The summed E-state index contributed by atoms with van der Waals surface area (Å²) in [5.74, 6) is 1.12. The van der Waals surface area contributed by atoms with E-state index in [2.05, 4.69) is 10.2 Å². The number of carbonyl (C=O) groups excluding carboxylic acids is 1. The Kier molecular flexibility index (Phi) is 7.77. The summed E-state index contributed by atoms with van der Waals surface area (Å²) >= 11 is 7.57. The van der Waals surface area contributed by atoms with Gasteiger partial charge >= 0.3 is 5.97 Å². The molecule has 4 aromatic rings. The van der Waals surface area contributed by atoms with Gasteiger partial charge < -0.3 is 14.2 Å². The lowest BCUT2D eigenvalue weighted by molar-refractivity contribution is 0.0516.